The fourth-order valence-electron chi connectivity index (χ4n) is 3.29. The minimum Gasteiger partial charge on any atom is -0.306 e. The van der Waals surface area contributed by atoms with Crippen LogP contribution in [0.3, 0.4) is 0 Å². The lowest BCUT2D eigenvalue weighted by atomic mass is 10.2. The third-order valence-corrected chi connectivity index (χ3v) is 6.63. The summed E-state index contributed by atoms with van der Waals surface area (Å²) < 4.78 is 0.356. The highest BCUT2D eigenvalue weighted by atomic mass is 35.5. The minimum atomic E-state index is -0.291. The van der Waals surface area contributed by atoms with Crippen molar-refractivity contribution in [2.24, 2.45) is 0 Å². The Labute approximate surface area is 201 Å². The van der Waals surface area contributed by atoms with Crippen molar-refractivity contribution < 1.29 is 9.59 Å². The predicted octanol–water partition coefficient (Wildman–Crippen LogP) is 5.77. The zero-order valence-corrected chi connectivity index (χ0v) is 19.4. The molecule has 0 spiro atoms. The van der Waals surface area contributed by atoms with Gasteiger partial charge in [0, 0.05) is 10.7 Å². The van der Waals surface area contributed by atoms with Crippen molar-refractivity contribution in [1.82, 2.24) is 4.90 Å². The molecule has 1 fully saturated rings. The number of benzene rings is 3. The summed E-state index contributed by atoms with van der Waals surface area (Å²) in [7, 11) is 0. The van der Waals surface area contributed by atoms with Gasteiger partial charge in [-0.3, -0.25) is 14.5 Å². The van der Waals surface area contributed by atoms with Crippen LogP contribution >= 0.6 is 35.6 Å². The lowest BCUT2D eigenvalue weighted by molar-refractivity contribution is -0.127. The highest BCUT2D eigenvalue weighted by molar-refractivity contribution is 8.26. The van der Waals surface area contributed by atoms with E-state index in [0.717, 1.165) is 16.8 Å². The average Bonchev–Trinajstić information content (AvgIpc) is 3.07. The van der Waals surface area contributed by atoms with Gasteiger partial charge in [0.2, 0.25) is 5.91 Å². The maximum atomic E-state index is 13.3. The summed E-state index contributed by atoms with van der Waals surface area (Å²) in [5.74, 6) is -0.503. The molecule has 2 amide bonds. The normalized spacial score (nSPS) is 14.8. The molecular formula is C25H19ClN2O2S2. The van der Waals surface area contributed by atoms with E-state index in [1.807, 2.05) is 78.9 Å². The van der Waals surface area contributed by atoms with Crippen LogP contribution in [0.5, 0.6) is 0 Å². The molecule has 32 heavy (non-hydrogen) atoms. The highest BCUT2D eigenvalue weighted by Gasteiger charge is 2.34. The SMILES string of the molecule is O=C1/C(=C/c2ccccc2Cl)SC(=S)N1CC(=O)N(Cc1ccccc1)c1ccccc1. The second kappa shape index (κ2) is 10.1. The Morgan fingerprint density at radius 1 is 0.969 bits per heavy atom. The van der Waals surface area contributed by atoms with Gasteiger partial charge < -0.3 is 4.90 Å². The first-order valence-electron chi connectivity index (χ1n) is 9.92. The number of thiocarbonyl (C=S) groups is 1. The first-order chi connectivity index (χ1) is 15.5. The molecule has 0 saturated carbocycles. The molecule has 160 valence electrons. The molecule has 0 bridgehead atoms. The Morgan fingerprint density at radius 3 is 2.28 bits per heavy atom. The van der Waals surface area contributed by atoms with E-state index in [2.05, 4.69) is 0 Å². The largest absolute Gasteiger partial charge is 0.306 e. The summed E-state index contributed by atoms with van der Waals surface area (Å²) in [5.41, 5.74) is 2.49. The maximum absolute atomic E-state index is 13.3. The number of amides is 2. The molecule has 1 saturated heterocycles. The Kier molecular flexibility index (Phi) is 7.05. The third kappa shape index (κ3) is 5.10. The van der Waals surface area contributed by atoms with Gasteiger partial charge in [0.15, 0.2) is 0 Å². The van der Waals surface area contributed by atoms with Gasteiger partial charge in [-0.1, -0.05) is 102 Å². The molecule has 4 rings (SSSR count). The minimum absolute atomic E-state index is 0.133. The topological polar surface area (TPSA) is 40.6 Å². The summed E-state index contributed by atoms with van der Waals surface area (Å²) in [5, 5.41) is 0.548. The number of rotatable bonds is 6. The second-order valence-electron chi connectivity index (χ2n) is 7.09. The van der Waals surface area contributed by atoms with Crippen molar-refractivity contribution in [3.8, 4) is 0 Å². The Balaban J connectivity index is 1.56. The van der Waals surface area contributed by atoms with Crippen LogP contribution in [-0.4, -0.2) is 27.6 Å². The van der Waals surface area contributed by atoms with Crippen LogP contribution in [0, 0.1) is 0 Å². The van der Waals surface area contributed by atoms with Crippen molar-refractivity contribution >= 4 is 63.5 Å². The Hall–Kier alpha value is -2.93. The van der Waals surface area contributed by atoms with Crippen LogP contribution < -0.4 is 4.90 Å². The molecule has 4 nitrogen and oxygen atoms in total. The number of halogens is 1. The van der Waals surface area contributed by atoms with Crippen LogP contribution in [0.4, 0.5) is 5.69 Å². The van der Waals surface area contributed by atoms with E-state index in [4.69, 9.17) is 23.8 Å². The first-order valence-corrected chi connectivity index (χ1v) is 11.5. The summed E-state index contributed by atoms with van der Waals surface area (Å²) in [4.78, 5) is 29.8. The summed E-state index contributed by atoms with van der Waals surface area (Å²) in [6.07, 6.45) is 1.71. The van der Waals surface area contributed by atoms with E-state index < -0.39 is 0 Å². The molecule has 1 heterocycles. The van der Waals surface area contributed by atoms with Crippen LogP contribution in [0.25, 0.3) is 6.08 Å². The number of hydrogen-bond acceptors (Lipinski definition) is 4. The lowest BCUT2D eigenvalue weighted by Crippen LogP contribution is -2.42. The quantitative estimate of drug-likeness (QED) is 0.333. The van der Waals surface area contributed by atoms with E-state index in [0.29, 0.717) is 20.8 Å². The predicted molar refractivity (Wildman–Crippen MR) is 135 cm³/mol. The molecule has 1 aliphatic rings. The first kappa shape index (κ1) is 22.3. The molecule has 0 radical (unpaired) electrons. The monoisotopic (exact) mass is 478 g/mol. The molecule has 0 aliphatic carbocycles. The maximum Gasteiger partial charge on any atom is 0.266 e. The van der Waals surface area contributed by atoms with E-state index in [1.165, 1.54) is 16.7 Å². The fraction of sp³-hybridized carbons (Fsp3) is 0.0800. The zero-order chi connectivity index (χ0) is 22.5. The van der Waals surface area contributed by atoms with E-state index in [-0.39, 0.29) is 18.4 Å². The standard InChI is InChI=1S/C25H19ClN2O2S2/c26-21-14-8-7-11-19(21)15-22-24(30)28(25(31)32-22)17-23(29)27(20-12-5-2-6-13-20)16-18-9-3-1-4-10-18/h1-15H,16-17H2/b22-15-. The molecule has 3 aromatic carbocycles. The number of carbonyl (C=O) groups excluding carboxylic acids is 2. The summed E-state index contributed by atoms with van der Waals surface area (Å²) >= 11 is 12.8. The van der Waals surface area contributed by atoms with Gasteiger partial charge in [-0.2, -0.15) is 0 Å². The van der Waals surface area contributed by atoms with Gasteiger partial charge in [0.05, 0.1) is 11.4 Å². The smallest absolute Gasteiger partial charge is 0.266 e. The molecule has 7 heteroatoms. The van der Waals surface area contributed by atoms with Crippen molar-refractivity contribution in [1.29, 1.82) is 0 Å². The third-order valence-electron chi connectivity index (χ3n) is 4.91. The van der Waals surface area contributed by atoms with Crippen LogP contribution in [0.2, 0.25) is 5.02 Å². The Bertz CT molecular complexity index is 1180. The van der Waals surface area contributed by atoms with E-state index in [1.54, 1.807) is 17.0 Å². The van der Waals surface area contributed by atoms with E-state index in [9.17, 15) is 9.59 Å². The van der Waals surface area contributed by atoms with Gasteiger partial charge in [-0.25, -0.2) is 0 Å². The van der Waals surface area contributed by atoms with Gasteiger partial charge >= 0.3 is 0 Å². The lowest BCUT2D eigenvalue weighted by Gasteiger charge is -2.25. The molecule has 0 unspecified atom stereocenters. The molecular weight excluding hydrogens is 460 g/mol. The fourth-order valence-corrected chi connectivity index (χ4v) is 4.72. The van der Waals surface area contributed by atoms with Crippen LogP contribution in [-0.2, 0) is 16.1 Å². The van der Waals surface area contributed by atoms with Crippen molar-refractivity contribution in [2.45, 2.75) is 6.54 Å². The highest BCUT2D eigenvalue weighted by Crippen LogP contribution is 2.34. The second-order valence-corrected chi connectivity index (χ2v) is 9.17. The number of anilines is 1. The number of para-hydroxylation sites is 1. The molecule has 0 N–H and O–H groups in total. The van der Waals surface area contributed by atoms with Crippen LogP contribution in [0.1, 0.15) is 11.1 Å². The van der Waals surface area contributed by atoms with Crippen molar-refractivity contribution in [3.05, 3.63) is 106 Å². The summed E-state index contributed by atoms with van der Waals surface area (Å²) in [6, 6.07) is 26.4. The Morgan fingerprint density at radius 2 is 1.59 bits per heavy atom. The number of carbonyl (C=O) groups is 2. The number of nitrogens with zero attached hydrogens (tertiary/aromatic N) is 2. The van der Waals surface area contributed by atoms with Gasteiger partial charge in [0.25, 0.3) is 5.91 Å². The molecule has 3 aromatic rings. The van der Waals surface area contributed by atoms with Crippen LogP contribution in [0.15, 0.2) is 89.8 Å². The molecule has 0 aromatic heterocycles. The molecule has 1 aliphatic heterocycles. The zero-order valence-electron chi connectivity index (χ0n) is 17.0. The van der Waals surface area contributed by atoms with Gasteiger partial charge in [0.1, 0.15) is 10.9 Å². The number of thioether (sulfide) groups is 1. The molecule has 0 atom stereocenters. The van der Waals surface area contributed by atoms with Crippen molar-refractivity contribution in [3.63, 3.8) is 0 Å². The van der Waals surface area contributed by atoms with Gasteiger partial charge in [-0.05, 0) is 35.4 Å². The number of hydrogen-bond donors (Lipinski definition) is 0. The summed E-state index contributed by atoms with van der Waals surface area (Å²) in [6.45, 7) is 0.264. The van der Waals surface area contributed by atoms with Crippen molar-refractivity contribution in [2.75, 3.05) is 11.4 Å². The van der Waals surface area contributed by atoms with E-state index >= 15 is 0 Å². The van der Waals surface area contributed by atoms with Gasteiger partial charge in [-0.15, -0.1) is 0 Å². The average molecular weight is 479 g/mol.